The molecule has 0 saturated carbocycles. The van der Waals surface area contributed by atoms with Gasteiger partial charge in [-0.3, -0.25) is 0 Å². The number of aromatic nitrogens is 2. The maximum Gasteiger partial charge on any atom is 0.206 e. The Hall–Kier alpha value is -1.29. The highest BCUT2D eigenvalue weighted by atomic mass is 15.3. The summed E-state index contributed by atoms with van der Waals surface area (Å²) in [4.78, 5) is 7.26. The van der Waals surface area contributed by atoms with Gasteiger partial charge in [0.1, 0.15) is 0 Å². The third-order valence-electron chi connectivity index (χ3n) is 4.38. The molecule has 0 aromatic carbocycles. The van der Waals surface area contributed by atoms with Crippen molar-refractivity contribution in [3.8, 4) is 0 Å². The van der Waals surface area contributed by atoms with Crippen LogP contribution in [0, 0.1) is 5.92 Å². The SMILES string of the molecule is C=CCn1cc(CC)nc1N1C[C@@H]2CCCN[C@@H]2C1. The molecule has 104 valence electrons. The zero-order chi connectivity index (χ0) is 13.2. The summed E-state index contributed by atoms with van der Waals surface area (Å²) in [5.41, 5.74) is 1.18. The molecule has 2 atom stereocenters. The summed E-state index contributed by atoms with van der Waals surface area (Å²) in [6, 6.07) is 0.660. The van der Waals surface area contributed by atoms with Crippen molar-refractivity contribution < 1.29 is 0 Å². The molecule has 1 N–H and O–H groups in total. The molecule has 0 amide bonds. The lowest BCUT2D eigenvalue weighted by Crippen LogP contribution is -2.40. The zero-order valence-corrected chi connectivity index (χ0v) is 11.8. The highest BCUT2D eigenvalue weighted by molar-refractivity contribution is 5.37. The van der Waals surface area contributed by atoms with Crippen molar-refractivity contribution in [3.63, 3.8) is 0 Å². The molecule has 0 spiro atoms. The number of nitrogens with one attached hydrogen (secondary N) is 1. The average molecular weight is 260 g/mol. The maximum absolute atomic E-state index is 4.80. The van der Waals surface area contributed by atoms with E-state index in [9.17, 15) is 0 Å². The van der Waals surface area contributed by atoms with Gasteiger partial charge in [-0.15, -0.1) is 6.58 Å². The van der Waals surface area contributed by atoms with E-state index in [1.54, 1.807) is 0 Å². The molecule has 2 saturated heterocycles. The lowest BCUT2D eigenvalue weighted by molar-refractivity contribution is 0.340. The number of hydrogen-bond donors (Lipinski definition) is 1. The summed E-state index contributed by atoms with van der Waals surface area (Å²) >= 11 is 0. The van der Waals surface area contributed by atoms with Crippen LogP contribution in [0.1, 0.15) is 25.5 Å². The number of anilines is 1. The molecule has 1 aromatic rings. The van der Waals surface area contributed by atoms with Crippen LogP contribution in [-0.4, -0.2) is 35.2 Å². The van der Waals surface area contributed by atoms with E-state index in [0.717, 1.165) is 37.9 Å². The molecule has 0 unspecified atom stereocenters. The van der Waals surface area contributed by atoms with E-state index in [4.69, 9.17) is 4.98 Å². The number of allylic oxidation sites excluding steroid dienone is 1. The van der Waals surface area contributed by atoms with E-state index in [1.165, 1.54) is 25.1 Å². The predicted molar refractivity (Wildman–Crippen MR) is 78.5 cm³/mol. The summed E-state index contributed by atoms with van der Waals surface area (Å²) in [6.45, 7) is 10.3. The average Bonchev–Trinajstić information content (AvgIpc) is 3.01. The van der Waals surface area contributed by atoms with Gasteiger partial charge in [0.25, 0.3) is 0 Å². The number of hydrogen-bond acceptors (Lipinski definition) is 3. The van der Waals surface area contributed by atoms with Crippen molar-refractivity contribution in [1.82, 2.24) is 14.9 Å². The normalized spacial score (nSPS) is 26.5. The third kappa shape index (κ3) is 2.41. The van der Waals surface area contributed by atoms with Gasteiger partial charge in [-0.25, -0.2) is 4.98 Å². The van der Waals surface area contributed by atoms with Crippen molar-refractivity contribution in [1.29, 1.82) is 0 Å². The van der Waals surface area contributed by atoms with E-state index in [-0.39, 0.29) is 0 Å². The molecule has 2 aliphatic rings. The van der Waals surface area contributed by atoms with Gasteiger partial charge >= 0.3 is 0 Å². The van der Waals surface area contributed by atoms with Gasteiger partial charge in [0.05, 0.1) is 5.69 Å². The second kappa shape index (κ2) is 5.37. The fourth-order valence-electron chi connectivity index (χ4n) is 3.37. The largest absolute Gasteiger partial charge is 0.340 e. The first-order chi connectivity index (χ1) is 9.31. The van der Waals surface area contributed by atoms with E-state index in [1.807, 2.05) is 6.08 Å². The highest BCUT2D eigenvalue weighted by Crippen LogP contribution is 2.28. The van der Waals surface area contributed by atoms with Crippen molar-refractivity contribution in [2.24, 2.45) is 5.92 Å². The van der Waals surface area contributed by atoms with Crippen molar-refractivity contribution in [3.05, 3.63) is 24.5 Å². The Morgan fingerprint density at radius 1 is 1.53 bits per heavy atom. The van der Waals surface area contributed by atoms with Gasteiger partial charge in [-0.1, -0.05) is 13.0 Å². The molecule has 19 heavy (non-hydrogen) atoms. The monoisotopic (exact) mass is 260 g/mol. The summed E-state index contributed by atoms with van der Waals surface area (Å²) in [6.07, 6.45) is 7.79. The molecular formula is C15H24N4. The molecule has 1 aromatic heterocycles. The predicted octanol–water partition coefficient (Wildman–Crippen LogP) is 1.82. The first-order valence-corrected chi connectivity index (χ1v) is 7.47. The Labute approximate surface area is 115 Å². The Kier molecular flexibility index (Phi) is 3.60. The van der Waals surface area contributed by atoms with Gasteiger partial charge in [0.2, 0.25) is 5.95 Å². The number of nitrogens with zero attached hydrogens (tertiary/aromatic N) is 3. The Bertz CT molecular complexity index is 437. The number of rotatable bonds is 4. The standard InChI is InChI=1S/C15H24N4/c1-3-8-18-10-13(4-2)17-15(18)19-9-12-6-5-7-16-14(12)11-19/h3,10,12,14,16H,1,4-9,11H2,2H3/t12-,14+/m0/s1. The minimum atomic E-state index is 0.660. The van der Waals surface area contributed by atoms with Gasteiger partial charge in [0.15, 0.2) is 0 Å². The lowest BCUT2D eigenvalue weighted by Gasteiger charge is -2.24. The van der Waals surface area contributed by atoms with Crippen molar-refractivity contribution in [2.75, 3.05) is 24.5 Å². The fourth-order valence-corrected chi connectivity index (χ4v) is 3.37. The van der Waals surface area contributed by atoms with E-state index in [2.05, 4.69) is 34.5 Å². The molecule has 3 rings (SSSR count). The molecule has 0 radical (unpaired) electrons. The van der Waals surface area contributed by atoms with Crippen LogP contribution in [0.3, 0.4) is 0 Å². The number of aryl methyl sites for hydroxylation is 1. The fraction of sp³-hybridized carbons (Fsp3) is 0.667. The molecule has 2 aliphatic heterocycles. The zero-order valence-electron chi connectivity index (χ0n) is 11.8. The van der Waals surface area contributed by atoms with E-state index in [0.29, 0.717) is 6.04 Å². The molecule has 2 fully saturated rings. The smallest absolute Gasteiger partial charge is 0.206 e. The van der Waals surface area contributed by atoms with Crippen LogP contribution in [0.5, 0.6) is 0 Å². The van der Waals surface area contributed by atoms with Gasteiger partial charge in [-0.05, 0) is 31.7 Å². The summed E-state index contributed by atoms with van der Waals surface area (Å²) in [5, 5.41) is 3.65. The summed E-state index contributed by atoms with van der Waals surface area (Å²) in [7, 11) is 0. The van der Waals surface area contributed by atoms with Crippen LogP contribution < -0.4 is 10.2 Å². The second-order valence-corrected chi connectivity index (χ2v) is 5.69. The molecule has 4 heteroatoms. The van der Waals surface area contributed by atoms with E-state index >= 15 is 0 Å². The van der Waals surface area contributed by atoms with Gasteiger partial charge in [-0.2, -0.15) is 0 Å². The minimum Gasteiger partial charge on any atom is -0.340 e. The topological polar surface area (TPSA) is 33.1 Å². The summed E-state index contributed by atoms with van der Waals surface area (Å²) in [5.74, 6) is 1.93. The first kappa shape index (κ1) is 12.7. The van der Waals surface area contributed by atoms with Crippen LogP contribution in [0.25, 0.3) is 0 Å². The summed E-state index contributed by atoms with van der Waals surface area (Å²) < 4.78 is 2.24. The number of imidazole rings is 1. The Morgan fingerprint density at radius 3 is 3.16 bits per heavy atom. The molecule has 0 aliphatic carbocycles. The molecule has 3 heterocycles. The molecule has 0 bridgehead atoms. The van der Waals surface area contributed by atoms with Crippen LogP contribution in [0.2, 0.25) is 0 Å². The first-order valence-electron chi connectivity index (χ1n) is 7.47. The van der Waals surface area contributed by atoms with Gasteiger partial charge in [0, 0.05) is 31.9 Å². The van der Waals surface area contributed by atoms with Crippen molar-refractivity contribution in [2.45, 2.75) is 38.8 Å². The minimum absolute atomic E-state index is 0.660. The van der Waals surface area contributed by atoms with Crippen LogP contribution in [0.4, 0.5) is 5.95 Å². The number of fused-ring (bicyclic) bond motifs is 1. The quantitative estimate of drug-likeness (QED) is 0.838. The molecular weight excluding hydrogens is 236 g/mol. The van der Waals surface area contributed by atoms with Crippen LogP contribution in [-0.2, 0) is 13.0 Å². The molecule has 4 nitrogen and oxygen atoms in total. The second-order valence-electron chi connectivity index (χ2n) is 5.69. The van der Waals surface area contributed by atoms with Gasteiger partial charge < -0.3 is 14.8 Å². The van der Waals surface area contributed by atoms with Crippen LogP contribution >= 0.6 is 0 Å². The lowest BCUT2D eigenvalue weighted by atomic mass is 9.94. The van der Waals surface area contributed by atoms with Crippen LogP contribution in [0.15, 0.2) is 18.9 Å². The number of piperidine rings is 1. The Morgan fingerprint density at radius 2 is 2.42 bits per heavy atom. The van der Waals surface area contributed by atoms with E-state index < -0.39 is 0 Å². The maximum atomic E-state index is 4.80. The van der Waals surface area contributed by atoms with Crippen molar-refractivity contribution >= 4 is 5.95 Å². The third-order valence-corrected chi connectivity index (χ3v) is 4.38. The Balaban J connectivity index is 1.81. The highest BCUT2D eigenvalue weighted by Gasteiger charge is 2.35.